The van der Waals surface area contributed by atoms with E-state index in [1.54, 1.807) is 0 Å². The number of ether oxygens (including phenoxy) is 1. The van der Waals surface area contributed by atoms with Gasteiger partial charge in [0, 0.05) is 64.4 Å². The van der Waals surface area contributed by atoms with Gasteiger partial charge in [-0.15, -0.1) is 24.0 Å². The van der Waals surface area contributed by atoms with Crippen LogP contribution in [0, 0.1) is 5.41 Å². The molecule has 1 aromatic carbocycles. The molecule has 1 N–H and O–H groups in total. The van der Waals surface area contributed by atoms with Gasteiger partial charge >= 0.3 is 0 Å². The molecule has 7 heteroatoms. The standard InChI is InChI=1S/C24H39N5O.HI/c1-3-25-23(29-11-9-24(19-29)10-16-30-20-24)26-17-21-5-7-22(8-6-21)18-28-14-12-27(4-2)13-15-28;/h5-8H,3-4,9-20H2,1-2H3,(H,25,26);1H. The first-order valence-corrected chi connectivity index (χ1v) is 11.8. The van der Waals surface area contributed by atoms with Gasteiger partial charge in [-0.3, -0.25) is 4.90 Å². The maximum absolute atomic E-state index is 5.68. The summed E-state index contributed by atoms with van der Waals surface area (Å²) >= 11 is 0. The summed E-state index contributed by atoms with van der Waals surface area (Å²) in [6.07, 6.45) is 2.41. The van der Waals surface area contributed by atoms with Gasteiger partial charge in [0.15, 0.2) is 5.96 Å². The second-order valence-electron chi connectivity index (χ2n) is 9.17. The van der Waals surface area contributed by atoms with E-state index in [0.717, 1.165) is 51.9 Å². The molecule has 0 aromatic heterocycles. The van der Waals surface area contributed by atoms with Crippen LogP contribution in [0.25, 0.3) is 0 Å². The fraction of sp³-hybridized carbons (Fsp3) is 0.708. The van der Waals surface area contributed by atoms with Crippen molar-refractivity contribution < 1.29 is 4.74 Å². The number of likely N-dealkylation sites (tertiary alicyclic amines) is 1. The minimum atomic E-state index is 0. The Balaban J connectivity index is 0.00000272. The number of benzene rings is 1. The van der Waals surface area contributed by atoms with E-state index < -0.39 is 0 Å². The molecule has 6 nitrogen and oxygen atoms in total. The van der Waals surface area contributed by atoms with Crippen LogP contribution in [0.2, 0.25) is 0 Å². The van der Waals surface area contributed by atoms with Crippen molar-refractivity contribution in [3.63, 3.8) is 0 Å². The highest BCUT2D eigenvalue weighted by Crippen LogP contribution is 2.38. The third kappa shape index (κ3) is 6.55. The van der Waals surface area contributed by atoms with Gasteiger partial charge in [-0.25, -0.2) is 4.99 Å². The Morgan fingerprint density at radius 1 is 1.00 bits per heavy atom. The van der Waals surface area contributed by atoms with Crippen molar-refractivity contribution in [2.75, 3.05) is 65.6 Å². The summed E-state index contributed by atoms with van der Waals surface area (Å²) in [7, 11) is 0. The van der Waals surface area contributed by atoms with E-state index in [2.05, 4.69) is 58.1 Å². The van der Waals surface area contributed by atoms with E-state index in [1.807, 2.05) is 0 Å². The van der Waals surface area contributed by atoms with Crippen LogP contribution in [0.15, 0.2) is 29.3 Å². The molecule has 1 unspecified atom stereocenters. The number of nitrogens with zero attached hydrogens (tertiary/aromatic N) is 4. The van der Waals surface area contributed by atoms with E-state index in [9.17, 15) is 0 Å². The highest BCUT2D eigenvalue weighted by atomic mass is 127. The molecule has 0 radical (unpaired) electrons. The minimum Gasteiger partial charge on any atom is -0.381 e. The number of nitrogens with one attached hydrogen (secondary N) is 1. The lowest BCUT2D eigenvalue weighted by Gasteiger charge is -2.34. The highest BCUT2D eigenvalue weighted by Gasteiger charge is 2.42. The highest BCUT2D eigenvalue weighted by molar-refractivity contribution is 14.0. The van der Waals surface area contributed by atoms with Crippen molar-refractivity contribution in [1.82, 2.24) is 20.0 Å². The zero-order chi connectivity index (χ0) is 20.8. The number of halogens is 1. The molecule has 3 saturated heterocycles. The summed E-state index contributed by atoms with van der Waals surface area (Å²) < 4.78 is 5.68. The molecule has 0 bridgehead atoms. The van der Waals surface area contributed by atoms with Crippen molar-refractivity contribution in [2.24, 2.45) is 10.4 Å². The normalized spacial score (nSPS) is 25.2. The van der Waals surface area contributed by atoms with Crippen molar-refractivity contribution in [3.05, 3.63) is 35.4 Å². The SMILES string of the molecule is CCNC(=NCc1ccc(CN2CCN(CC)CC2)cc1)N1CCC2(CCOC2)C1.I. The Labute approximate surface area is 205 Å². The van der Waals surface area contributed by atoms with Gasteiger partial charge in [0.05, 0.1) is 13.2 Å². The van der Waals surface area contributed by atoms with Gasteiger partial charge in [0.25, 0.3) is 0 Å². The van der Waals surface area contributed by atoms with Crippen LogP contribution in [0.1, 0.15) is 37.8 Å². The third-order valence-corrected chi connectivity index (χ3v) is 7.01. The molecular weight excluding hydrogens is 501 g/mol. The largest absolute Gasteiger partial charge is 0.381 e. The number of guanidine groups is 1. The molecule has 31 heavy (non-hydrogen) atoms. The van der Waals surface area contributed by atoms with Gasteiger partial charge in [-0.2, -0.15) is 0 Å². The second-order valence-corrected chi connectivity index (χ2v) is 9.17. The molecule has 0 aliphatic carbocycles. The van der Waals surface area contributed by atoms with E-state index in [-0.39, 0.29) is 24.0 Å². The molecule has 1 atom stereocenters. The van der Waals surface area contributed by atoms with Crippen LogP contribution in [0.4, 0.5) is 0 Å². The molecule has 3 aliphatic rings. The predicted molar refractivity (Wildman–Crippen MR) is 138 cm³/mol. The Morgan fingerprint density at radius 2 is 1.71 bits per heavy atom. The van der Waals surface area contributed by atoms with Gasteiger partial charge in [-0.05, 0) is 37.4 Å². The summed E-state index contributed by atoms with van der Waals surface area (Å²) in [5, 5.41) is 3.50. The molecule has 4 rings (SSSR count). The monoisotopic (exact) mass is 541 g/mol. The third-order valence-electron chi connectivity index (χ3n) is 7.01. The maximum Gasteiger partial charge on any atom is 0.194 e. The number of hydrogen-bond acceptors (Lipinski definition) is 4. The first-order chi connectivity index (χ1) is 14.7. The lowest BCUT2D eigenvalue weighted by atomic mass is 9.87. The van der Waals surface area contributed by atoms with Gasteiger partial charge in [-0.1, -0.05) is 31.2 Å². The Morgan fingerprint density at radius 3 is 2.35 bits per heavy atom. The first kappa shape index (κ1) is 24.7. The van der Waals surface area contributed by atoms with Crippen LogP contribution in [0.3, 0.4) is 0 Å². The average molecular weight is 542 g/mol. The van der Waals surface area contributed by atoms with Crippen LogP contribution >= 0.6 is 24.0 Å². The van der Waals surface area contributed by atoms with Crippen molar-refractivity contribution >= 4 is 29.9 Å². The summed E-state index contributed by atoms with van der Waals surface area (Å²) in [4.78, 5) is 12.5. The van der Waals surface area contributed by atoms with E-state index >= 15 is 0 Å². The smallest absolute Gasteiger partial charge is 0.194 e. The van der Waals surface area contributed by atoms with Crippen molar-refractivity contribution in [1.29, 1.82) is 0 Å². The molecule has 3 aliphatic heterocycles. The lowest BCUT2D eigenvalue weighted by molar-refractivity contribution is 0.132. The molecule has 1 aromatic rings. The summed E-state index contributed by atoms with van der Waals surface area (Å²) in [6.45, 7) is 17.0. The van der Waals surface area contributed by atoms with Crippen molar-refractivity contribution in [2.45, 2.75) is 39.8 Å². The fourth-order valence-electron chi connectivity index (χ4n) is 4.95. The second kappa shape index (κ2) is 11.8. The summed E-state index contributed by atoms with van der Waals surface area (Å²) in [5.41, 5.74) is 3.05. The Bertz CT molecular complexity index is 696. The summed E-state index contributed by atoms with van der Waals surface area (Å²) in [5.74, 6) is 1.05. The lowest BCUT2D eigenvalue weighted by Crippen LogP contribution is -2.45. The molecule has 3 fully saturated rings. The molecular formula is C24H40IN5O. The number of hydrogen-bond donors (Lipinski definition) is 1. The quantitative estimate of drug-likeness (QED) is 0.341. The van der Waals surface area contributed by atoms with E-state index in [0.29, 0.717) is 5.41 Å². The maximum atomic E-state index is 5.68. The first-order valence-electron chi connectivity index (χ1n) is 11.8. The average Bonchev–Trinajstić information content (AvgIpc) is 3.42. The molecule has 0 amide bonds. The minimum absolute atomic E-state index is 0. The topological polar surface area (TPSA) is 43.3 Å². The van der Waals surface area contributed by atoms with Crippen LogP contribution in [0.5, 0.6) is 0 Å². The van der Waals surface area contributed by atoms with E-state index in [1.165, 1.54) is 56.7 Å². The van der Waals surface area contributed by atoms with Crippen molar-refractivity contribution in [3.8, 4) is 0 Å². The molecule has 1 spiro atoms. The van der Waals surface area contributed by atoms with Gasteiger partial charge < -0.3 is 19.9 Å². The number of rotatable bonds is 6. The van der Waals surface area contributed by atoms with E-state index in [4.69, 9.17) is 9.73 Å². The predicted octanol–water partition coefficient (Wildman–Crippen LogP) is 3.02. The summed E-state index contributed by atoms with van der Waals surface area (Å²) in [6, 6.07) is 9.07. The molecule has 0 saturated carbocycles. The zero-order valence-corrected chi connectivity index (χ0v) is 21.6. The molecule has 3 heterocycles. The Hall–Kier alpha value is -0.900. The van der Waals surface area contributed by atoms with Crippen LogP contribution in [-0.4, -0.2) is 86.2 Å². The molecule has 174 valence electrons. The van der Waals surface area contributed by atoms with Gasteiger partial charge in [0.1, 0.15) is 0 Å². The van der Waals surface area contributed by atoms with Gasteiger partial charge in [0.2, 0.25) is 0 Å². The fourth-order valence-corrected chi connectivity index (χ4v) is 4.95. The number of aliphatic imine (C=N–C) groups is 1. The Kier molecular flexibility index (Phi) is 9.43. The zero-order valence-electron chi connectivity index (χ0n) is 19.3. The van der Waals surface area contributed by atoms with Crippen LogP contribution < -0.4 is 5.32 Å². The number of piperazine rings is 1. The number of likely N-dealkylation sites (N-methyl/N-ethyl adjacent to an activating group) is 1. The van der Waals surface area contributed by atoms with Crippen LogP contribution in [-0.2, 0) is 17.8 Å².